The molecule has 6 fully saturated rings. The van der Waals surface area contributed by atoms with Gasteiger partial charge in [-0.15, -0.1) is 0 Å². The van der Waals surface area contributed by atoms with Gasteiger partial charge < -0.3 is 29.2 Å². The summed E-state index contributed by atoms with van der Waals surface area (Å²) in [4.78, 5) is 53.6. The van der Waals surface area contributed by atoms with E-state index in [-0.39, 0.29) is 25.0 Å². The minimum absolute atomic E-state index is 0.0261. The molecule has 210 valence electrons. The molecule has 4 bridgehead atoms. The molecule has 0 radical (unpaired) electrons. The first-order chi connectivity index (χ1) is 18.2. The van der Waals surface area contributed by atoms with Gasteiger partial charge in [-0.1, -0.05) is 45.9 Å². The van der Waals surface area contributed by atoms with Crippen LogP contribution in [0.1, 0.15) is 57.8 Å². The van der Waals surface area contributed by atoms with Gasteiger partial charge in [0.25, 0.3) is 0 Å². The van der Waals surface area contributed by atoms with Crippen LogP contribution in [0, 0.1) is 28.1 Å². The van der Waals surface area contributed by atoms with Crippen LogP contribution in [0.25, 0.3) is 0 Å². The number of ketones is 2. The summed E-state index contributed by atoms with van der Waals surface area (Å²) in [5.41, 5.74) is -6.80. The fraction of sp³-hybridized carbons (Fsp3) is 0.655. The maximum absolute atomic E-state index is 14.1. The molecule has 1 aromatic rings. The molecule has 1 aromatic carbocycles. The van der Waals surface area contributed by atoms with E-state index in [0.29, 0.717) is 0 Å². The van der Waals surface area contributed by atoms with Crippen LogP contribution in [-0.4, -0.2) is 76.1 Å². The molecular formula is C29H34O10. The van der Waals surface area contributed by atoms with Gasteiger partial charge in [0, 0.05) is 42.4 Å². The van der Waals surface area contributed by atoms with E-state index in [2.05, 4.69) is 0 Å². The Morgan fingerprint density at radius 3 is 2.38 bits per heavy atom. The van der Waals surface area contributed by atoms with E-state index < -0.39 is 87.4 Å². The number of carbonyl (C=O) groups excluding carboxylic acids is 4. The molecule has 6 aliphatic rings. The van der Waals surface area contributed by atoms with Crippen molar-refractivity contribution in [3.8, 4) is 0 Å². The highest BCUT2D eigenvalue weighted by molar-refractivity contribution is 6.43. The lowest BCUT2D eigenvalue weighted by molar-refractivity contribution is -0.236. The molecule has 2 heterocycles. The molecule has 2 N–H and O–H groups in total. The predicted molar refractivity (Wildman–Crippen MR) is 132 cm³/mol. The van der Waals surface area contributed by atoms with E-state index in [1.165, 1.54) is 6.92 Å². The van der Waals surface area contributed by atoms with Gasteiger partial charge in [0.1, 0.15) is 23.9 Å². The van der Waals surface area contributed by atoms with Crippen molar-refractivity contribution in [1.82, 2.24) is 0 Å². The minimum Gasteiger partial charge on any atom is -0.463 e. The van der Waals surface area contributed by atoms with Crippen LogP contribution in [0.3, 0.4) is 0 Å². The Hall–Kier alpha value is -2.66. The normalized spacial score (nSPS) is 46.9. The van der Waals surface area contributed by atoms with Crippen molar-refractivity contribution in [3.05, 3.63) is 35.9 Å². The lowest BCUT2D eigenvalue weighted by Crippen LogP contribution is -2.68. The highest BCUT2D eigenvalue weighted by Gasteiger charge is 2.89. The maximum Gasteiger partial charge on any atom is 0.338 e. The third-order valence-corrected chi connectivity index (χ3v) is 11.0. The molecule has 7 rings (SSSR count). The Kier molecular flexibility index (Phi) is 5.42. The smallest absolute Gasteiger partial charge is 0.338 e. The largest absolute Gasteiger partial charge is 0.463 e. The number of aliphatic hydroxyl groups excluding tert-OH is 2. The quantitative estimate of drug-likeness (QED) is 0.425. The predicted octanol–water partition coefficient (Wildman–Crippen LogP) is 1.59. The summed E-state index contributed by atoms with van der Waals surface area (Å²) in [6.07, 6.45) is -4.39. The fourth-order valence-electron chi connectivity index (χ4n) is 9.13. The first-order valence-electron chi connectivity index (χ1n) is 13.4. The van der Waals surface area contributed by atoms with Gasteiger partial charge in [-0.05, 0) is 12.1 Å². The Balaban J connectivity index is 1.62. The number of hydrogen-bond acceptors (Lipinski definition) is 10. The Morgan fingerprint density at radius 2 is 1.74 bits per heavy atom. The molecule has 4 aliphatic carbocycles. The molecule has 10 nitrogen and oxygen atoms in total. The number of benzene rings is 1. The molecular weight excluding hydrogens is 508 g/mol. The van der Waals surface area contributed by atoms with Gasteiger partial charge in [-0.2, -0.15) is 0 Å². The molecule has 10 atom stereocenters. The van der Waals surface area contributed by atoms with Crippen molar-refractivity contribution < 1.29 is 48.3 Å². The SMILES string of the molecule is CC(=O)OC[C@]12OC(O)C[C@H]1O[C@H]1C2[C@]2(C)C(=O)C(=O)[C@H]3C(C)(C)[C@]1(OC(=O)c1ccccc1)C[C@H](O)[C@@]32C. The van der Waals surface area contributed by atoms with Crippen LogP contribution >= 0.6 is 0 Å². The lowest BCUT2D eigenvalue weighted by Gasteiger charge is -2.59. The molecule has 0 aromatic heterocycles. The zero-order valence-corrected chi connectivity index (χ0v) is 22.6. The fourth-order valence-corrected chi connectivity index (χ4v) is 9.13. The van der Waals surface area contributed by atoms with Crippen LogP contribution < -0.4 is 0 Å². The van der Waals surface area contributed by atoms with Gasteiger partial charge in [0.2, 0.25) is 11.6 Å². The summed E-state index contributed by atoms with van der Waals surface area (Å²) < 4.78 is 24.6. The first-order valence-corrected chi connectivity index (χ1v) is 13.4. The zero-order valence-electron chi connectivity index (χ0n) is 22.6. The molecule has 0 amide bonds. The van der Waals surface area contributed by atoms with Crippen molar-refractivity contribution in [3.63, 3.8) is 0 Å². The van der Waals surface area contributed by atoms with Crippen LogP contribution in [0.4, 0.5) is 0 Å². The summed E-state index contributed by atoms with van der Waals surface area (Å²) in [6, 6.07) is 8.39. The monoisotopic (exact) mass is 542 g/mol. The van der Waals surface area contributed by atoms with Gasteiger partial charge in [0.15, 0.2) is 6.29 Å². The molecule has 39 heavy (non-hydrogen) atoms. The first kappa shape index (κ1) is 26.6. The molecule has 2 saturated heterocycles. The molecule has 2 unspecified atom stereocenters. The highest BCUT2D eigenvalue weighted by Crippen LogP contribution is 2.77. The standard InChI is InChI=1S/C29H34O10/c1-14(30)36-13-28-17(11-18(32)38-28)37-23-21(28)27(5)22(34)19(33)20-25(2,3)29(23,12-16(31)26(20,27)4)39-24(35)15-9-7-6-8-10-15/h6-10,16-18,20-21,23,31-32H,11-13H2,1-5H3/t16-,17+,18?,20-,21?,23-,26-,27+,28-,29-/m0/s1. The Bertz CT molecular complexity index is 1280. The van der Waals surface area contributed by atoms with E-state index >= 15 is 0 Å². The van der Waals surface area contributed by atoms with Crippen molar-refractivity contribution in [2.45, 2.75) is 83.3 Å². The second-order valence-electron chi connectivity index (χ2n) is 12.8. The maximum atomic E-state index is 14.1. The van der Waals surface area contributed by atoms with E-state index in [1.54, 1.807) is 58.0 Å². The summed E-state index contributed by atoms with van der Waals surface area (Å²) in [5, 5.41) is 22.4. The van der Waals surface area contributed by atoms with Crippen LogP contribution in [-0.2, 0) is 33.3 Å². The number of rotatable bonds is 4. The minimum atomic E-state index is -1.57. The van der Waals surface area contributed by atoms with Crippen molar-refractivity contribution in [1.29, 1.82) is 0 Å². The Morgan fingerprint density at radius 1 is 1.08 bits per heavy atom. The van der Waals surface area contributed by atoms with Crippen molar-refractivity contribution in [2.75, 3.05) is 6.61 Å². The van der Waals surface area contributed by atoms with Crippen LogP contribution in [0.2, 0.25) is 0 Å². The van der Waals surface area contributed by atoms with Gasteiger partial charge in [-0.25, -0.2) is 4.79 Å². The molecule has 0 spiro atoms. The number of fused-ring (bicyclic) bond motifs is 2. The number of esters is 2. The number of carbonyl (C=O) groups is 4. The molecule has 10 heteroatoms. The van der Waals surface area contributed by atoms with Crippen LogP contribution in [0.5, 0.6) is 0 Å². The third kappa shape index (κ3) is 2.90. The zero-order chi connectivity index (χ0) is 28.3. The third-order valence-electron chi connectivity index (χ3n) is 11.0. The number of aliphatic hydroxyl groups is 2. The van der Waals surface area contributed by atoms with Gasteiger partial charge >= 0.3 is 11.9 Å². The van der Waals surface area contributed by atoms with E-state index in [4.69, 9.17) is 18.9 Å². The van der Waals surface area contributed by atoms with Gasteiger partial charge in [0.05, 0.1) is 23.2 Å². The molecule has 2 aliphatic heterocycles. The summed E-state index contributed by atoms with van der Waals surface area (Å²) >= 11 is 0. The second kappa shape index (κ2) is 7.96. The van der Waals surface area contributed by atoms with E-state index in [9.17, 15) is 29.4 Å². The summed E-state index contributed by atoms with van der Waals surface area (Å²) in [6.45, 7) is 7.83. The average Bonchev–Trinajstić information content (AvgIpc) is 3.38. The Labute approximate surface area is 225 Å². The summed E-state index contributed by atoms with van der Waals surface area (Å²) in [7, 11) is 0. The van der Waals surface area contributed by atoms with Crippen LogP contribution in [0.15, 0.2) is 30.3 Å². The van der Waals surface area contributed by atoms with Gasteiger partial charge in [-0.3, -0.25) is 14.4 Å². The summed E-state index contributed by atoms with van der Waals surface area (Å²) in [5.74, 6) is -4.57. The topological polar surface area (TPSA) is 146 Å². The highest BCUT2D eigenvalue weighted by atomic mass is 16.7. The average molecular weight is 543 g/mol. The van der Waals surface area contributed by atoms with Crippen molar-refractivity contribution >= 4 is 23.5 Å². The van der Waals surface area contributed by atoms with E-state index in [0.717, 1.165) is 0 Å². The molecule has 4 saturated carbocycles. The number of Topliss-reactive ketones (excluding diaryl/α,β-unsaturated/α-hetero) is 2. The number of hydrogen-bond donors (Lipinski definition) is 2. The second-order valence-corrected chi connectivity index (χ2v) is 12.8. The lowest BCUT2D eigenvalue weighted by atomic mass is 9.48. The van der Waals surface area contributed by atoms with Crippen molar-refractivity contribution in [2.24, 2.45) is 28.1 Å². The van der Waals surface area contributed by atoms with E-state index in [1.807, 2.05) is 0 Å². The number of ether oxygens (including phenoxy) is 4.